The Labute approximate surface area is 210 Å². The quantitative estimate of drug-likeness (QED) is 0.347. The zero-order valence-electron chi connectivity index (χ0n) is 20.5. The van der Waals surface area contributed by atoms with Crippen molar-refractivity contribution >= 4 is 40.6 Å². The lowest BCUT2D eigenvalue weighted by molar-refractivity contribution is -0.127. The van der Waals surface area contributed by atoms with Crippen LogP contribution >= 0.6 is 11.8 Å². The Kier molecular flexibility index (Phi) is 8.76. The number of thioether (sulfide) groups is 1. The number of ether oxygens (including phenoxy) is 2. The van der Waals surface area contributed by atoms with Gasteiger partial charge in [0, 0.05) is 11.3 Å². The van der Waals surface area contributed by atoms with Crippen LogP contribution in [0.4, 0.5) is 10.5 Å². The summed E-state index contributed by atoms with van der Waals surface area (Å²) in [6, 6.07) is 9.37. The van der Waals surface area contributed by atoms with Crippen LogP contribution in [0, 0.1) is 13.8 Å². The standard InChI is InChI=1S/C27H30N2O5S/c1-6-9-20-13-19(14-22(33-7-2)25(20)34-8-3)15-23-26(31)29(27(32)35-23)16-24(30)28-21-12-17(4)10-11-18(21)5/h6,10-15H,1,7-9,16H2,2-5H3,(H,28,30)/b23-15+. The Morgan fingerprint density at radius 1 is 1.11 bits per heavy atom. The van der Waals surface area contributed by atoms with Crippen molar-refractivity contribution in [2.24, 2.45) is 0 Å². The van der Waals surface area contributed by atoms with Crippen molar-refractivity contribution in [3.8, 4) is 11.5 Å². The van der Waals surface area contributed by atoms with Gasteiger partial charge in [-0.2, -0.15) is 0 Å². The number of aryl methyl sites for hydroxylation is 2. The molecule has 1 heterocycles. The molecule has 184 valence electrons. The van der Waals surface area contributed by atoms with Gasteiger partial charge in [0.2, 0.25) is 5.91 Å². The van der Waals surface area contributed by atoms with Crippen LogP contribution in [0.3, 0.4) is 0 Å². The minimum absolute atomic E-state index is 0.241. The van der Waals surface area contributed by atoms with Gasteiger partial charge in [-0.05, 0) is 86.8 Å². The highest BCUT2D eigenvalue weighted by Gasteiger charge is 2.36. The average molecular weight is 495 g/mol. The lowest BCUT2D eigenvalue weighted by atomic mass is 10.0. The van der Waals surface area contributed by atoms with Crippen LogP contribution in [-0.4, -0.2) is 41.7 Å². The first-order valence-corrected chi connectivity index (χ1v) is 12.2. The molecule has 1 N–H and O–H groups in total. The molecule has 0 atom stereocenters. The van der Waals surface area contributed by atoms with Gasteiger partial charge in [-0.3, -0.25) is 19.3 Å². The first-order chi connectivity index (χ1) is 16.8. The topological polar surface area (TPSA) is 84.9 Å². The third-order valence-corrected chi connectivity index (χ3v) is 6.15. The molecule has 0 aromatic heterocycles. The highest BCUT2D eigenvalue weighted by atomic mass is 32.2. The Morgan fingerprint density at radius 3 is 2.54 bits per heavy atom. The minimum Gasteiger partial charge on any atom is -0.490 e. The Morgan fingerprint density at radius 2 is 1.86 bits per heavy atom. The molecule has 0 spiro atoms. The summed E-state index contributed by atoms with van der Waals surface area (Å²) in [4.78, 5) is 39.3. The minimum atomic E-state index is -0.506. The summed E-state index contributed by atoms with van der Waals surface area (Å²) in [6.45, 7) is 12.0. The fourth-order valence-electron chi connectivity index (χ4n) is 3.64. The molecule has 1 aliphatic rings. The van der Waals surface area contributed by atoms with Gasteiger partial charge in [0.15, 0.2) is 11.5 Å². The van der Waals surface area contributed by atoms with Gasteiger partial charge in [-0.15, -0.1) is 6.58 Å². The van der Waals surface area contributed by atoms with Crippen LogP contribution < -0.4 is 14.8 Å². The van der Waals surface area contributed by atoms with Crippen LogP contribution in [0.25, 0.3) is 6.08 Å². The van der Waals surface area contributed by atoms with E-state index in [1.54, 1.807) is 18.2 Å². The summed E-state index contributed by atoms with van der Waals surface area (Å²) in [5, 5.41) is 2.30. The van der Waals surface area contributed by atoms with E-state index in [0.717, 1.165) is 33.4 Å². The predicted octanol–water partition coefficient (Wildman–Crippen LogP) is 5.50. The number of imide groups is 1. The summed E-state index contributed by atoms with van der Waals surface area (Å²) in [5.74, 6) is 0.262. The van der Waals surface area contributed by atoms with Crippen molar-refractivity contribution in [3.63, 3.8) is 0 Å². The van der Waals surface area contributed by atoms with Crippen molar-refractivity contribution in [2.45, 2.75) is 34.1 Å². The van der Waals surface area contributed by atoms with Gasteiger partial charge < -0.3 is 14.8 Å². The molecule has 7 nitrogen and oxygen atoms in total. The maximum atomic E-state index is 13.0. The van der Waals surface area contributed by atoms with E-state index < -0.39 is 17.1 Å². The first-order valence-electron chi connectivity index (χ1n) is 11.4. The van der Waals surface area contributed by atoms with Gasteiger partial charge in [0.05, 0.1) is 18.1 Å². The van der Waals surface area contributed by atoms with Crippen molar-refractivity contribution in [1.82, 2.24) is 4.90 Å². The number of allylic oxidation sites excluding steroid dienone is 1. The highest BCUT2D eigenvalue weighted by molar-refractivity contribution is 8.18. The first kappa shape index (κ1) is 26.1. The molecule has 1 aliphatic heterocycles. The summed E-state index contributed by atoms with van der Waals surface area (Å²) in [7, 11) is 0. The van der Waals surface area contributed by atoms with E-state index in [-0.39, 0.29) is 11.4 Å². The fraction of sp³-hybridized carbons (Fsp3) is 0.296. The zero-order chi connectivity index (χ0) is 25.5. The molecule has 35 heavy (non-hydrogen) atoms. The molecular weight excluding hydrogens is 464 g/mol. The van der Waals surface area contributed by atoms with E-state index >= 15 is 0 Å². The van der Waals surface area contributed by atoms with E-state index in [0.29, 0.717) is 42.4 Å². The maximum absolute atomic E-state index is 13.0. The molecule has 1 fully saturated rings. The van der Waals surface area contributed by atoms with Gasteiger partial charge in [0.1, 0.15) is 6.54 Å². The van der Waals surface area contributed by atoms with E-state index in [9.17, 15) is 14.4 Å². The zero-order valence-corrected chi connectivity index (χ0v) is 21.3. The van der Waals surface area contributed by atoms with Crippen molar-refractivity contribution in [2.75, 3.05) is 25.1 Å². The molecule has 2 aromatic carbocycles. The van der Waals surface area contributed by atoms with Crippen molar-refractivity contribution < 1.29 is 23.9 Å². The Bertz CT molecular complexity index is 1190. The highest BCUT2D eigenvalue weighted by Crippen LogP contribution is 2.37. The van der Waals surface area contributed by atoms with Gasteiger partial charge in [0.25, 0.3) is 11.1 Å². The molecule has 0 saturated carbocycles. The number of carbonyl (C=O) groups excluding carboxylic acids is 3. The number of hydrogen-bond donors (Lipinski definition) is 1. The molecule has 0 aliphatic carbocycles. The molecule has 3 rings (SSSR count). The van der Waals surface area contributed by atoms with Crippen LogP contribution in [0.1, 0.15) is 36.1 Å². The van der Waals surface area contributed by atoms with Crippen LogP contribution in [0.2, 0.25) is 0 Å². The Hall–Kier alpha value is -3.52. The smallest absolute Gasteiger partial charge is 0.294 e. The number of hydrogen-bond acceptors (Lipinski definition) is 6. The SMILES string of the molecule is C=CCc1cc(/C=C2/SC(=O)N(CC(=O)Nc3cc(C)ccc3C)C2=O)cc(OCC)c1OCC. The normalized spacial score (nSPS) is 14.4. The van der Waals surface area contributed by atoms with E-state index in [1.165, 1.54) is 0 Å². The third kappa shape index (κ3) is 6.33. The van der Waals surface area contributed by atoms with E-state index in [2.05, 4.69) is 11.9 Å². The monoisotopic (exact) mass is 494 g/mol. The average Bonchev–Trinajstić information content (AvgIpc) is 3.06. The third-order valence-electron chi connectivity index (χ3n) is 5.25. The second kappa shape index (κ2) is 11.8. The fourth-order valence-corrected chi connectivity index (χ4v) is 4.47. The van der Waals surface area contributed by atoms with Gasteiger partial charge >= 0.3 is 0 Å². The number of nitrogens with zero attached hydrogens (tertiary/aromatic N) is 1. The molecule has 2 aromatic rings. The van der Waals surface area contributed by atoms with E-state index in [1.807, 2.05) is 52.0 Å². The molecular formula is C27H30N2O5S. The van der Waals surface area contributed by atoms with Crippen molar-refractivity contribution in [3.05, 3.63) is 70.1 Å². The number of nitrogens with one attached hydrogen (secondary N) is 1. The number of benzene rings is 2. The maximum Gasteiger partial charge on any atom is 0.294 e. The lowest BCUT2D eigenvalue weighted by Crippen LogP contribution is -2.36. The van der Waals surface area contributed by atoms with Gasteiger partial charge in [-0.25, -0.2) is 0 Å². The molecule has 0 bridgehead atoms. The van der Waals surface area contributed by atoms with Gasteiger partial charge in [-0.1, -0.05) is 18.2 Å². The molecule has 1 saturated heterocycles. The molecule has 8 heteroatoms. The van der Waals surface area contributed by atoms with Crippen LogP contribution in [-0.2, 0) is 16.0 Å². The number of rotatable bonds is 10. The predicted molar refractivity (Wildman–Crippen MR) is 140 cm³/mol. The molecule has 0 radical (unpaired) electrons. The lowest BCUT2D eigenvalue weighted by Gasteiger charge is -2.16. The summed E-state index contributed by atoms with van der Waals surface area (Å²) in [5.41, 5.74) is 4.11. The Balaban J connectivity index is 1.83. The largest absolute Gasteiger partial charge is 0.490 e. The molecule has 0 unspecified atom stereocenters. The van der Waals surface area contributed by atoms with Crippen molar-refractivity contribution in [1.29, 1.82) is 0 Å². The van der Waals surface area contributed by atoms with E-state index in [4.69, 9.17) is 9.47 Å². The summed E-state index contributed by atoms with van der Waals surface area (Å²) < 4.78 is 11.6. The van der Waals surface area contributed by atoms with Crippen LogP contribution in [0.15, 0.2) is 47.9 Å². The van der Waals surface area contributed by atoms with Crippen LogP contribution in [0.5, 0.6) is 11.5 Å². The molecule has 3 amide bonds. The summed E-state index contributed by atoms with van der Waals surface area (Å²) in [6.07, 6.45) is 3.95. The number of anilines is 1. The number of carbonyl (C=O) groups is 3. The second-order valence-corrected chi connectivity index (χ2v) is 8.99. The second-order valence-electron chi connectivity index (χ2n) is 8.00. The summed E-state index contributed by atoms with van der Waals surface area (Å²) >= 11 is 0.810. The number of amides is 3.